The van der Waals surface area contributed by atoms with Crippen LogP contribution in [-0.4, -0.2) is 12.1 Å². The average Bonchev–Trinajstić information content (AvgIpc) is 2.10. The molecule has 1 saturated carbocycles. The van der Waals surface area contributed by atoms with Crippen LogP contribution in [0.25, 0.3) is 0 Å². The summed E-state index contributed by atoms with van der Waals surface area (Å²) in [6, 6.07) is 1.21. The molecule has 0 saturated heterocycles. The summed E-state index contributed by atoms with van der Waals surface area (Å²) in [6.45, 7) is 4.56. The van der Waals surface area contributed by atoms with Gasteiger partial charge in [0, 0.05) is 11.8 Å². The van der Waals surface area contributed by atoms with Gasteiger partial charge in [0.2, 0.25) is 0 Å². The van der Waals surface area contributed by atoms with Crippen molar-refractivity contribution in [1.29, 1.82) is 0 Å². The van der Waals surface area contributed by atoms with Gasteiger partial charge in [-0.05, 0) is 25.7 Å². The van der Waals surface area contributed by atoms with Crippen LogP contribution < -0.4 is 36.3 Å². The Balaban J connectivity index is 0. The van der Waals surface area contributed by atoms with Gasteiger partial charge < -0.3 is 36.3 Å². The van der Waals surface area contributed by atoms with Crippen LogP contribution in [0.2, 0.25) is 0 Å². The van der Waals surface area contributed by atoms with Gasteiger partial charge in [0.15, 0.2) is 0 Å². The molecule has 14 heavy (non-hydrogen) atoms. The van der Waals surface area contributed by atoms with Crippen molar-refractivity contribution in [2.75, 3.05) is 0 Å². The van der Waals surface area contributed by atoms with E-state index in [9.17, 15) is 0 Å². The molecule has 0 amide bonds. The number of rotatable bonds is 2. The van der Waals surface area contributed by atoms with Crippen LogP contribution in [0.1, 0.15) is 39.5 Å². The monoisotopic (exact) mass is 242 g/mol. The van der Waals surface area contributed by atoms with Crippen molar-refractivity contribution < 1.29 is 36.3 Å². The van der Waals surface area contributed by atoms with Crippen molar-refractivity contribution in [2.24, 2.45) is 11.8 Å². The van der Waals surface area contributed by atoms with Crippen molar-refractivity contribution in [3.05, 3.63) is 0 Å². The van der Waals surface area contributed by atoms with E-state index in [1.807, 2.05) is 0 Å². The molecule has 0 aromatic heterocycles. The third-order valence-corrected chi connectivity index (χ3v) is 3.72. The molecule has 0 bridgehead atoms. The van der Waals surface area contributed by atoms with Gasteiger partial charge in [0.05, 0.1) is 0 Å². The maximum Gasteiger partial charge on any atom is 0.140 e. The van der Waals surface area contributed by atoms with Gasteiger partial charge in [-0.15, -0.1) is 0 Å². The maximum atomic E-state index is 4.27. The molecule has 0 aliphatic heterocycles. The van der Waals surface area contributed by atoms with E-state index in [0.717, 1.165) is 11.8 Å². The van der Waals surface area contributed by atoms with Gasteiger partial charge in [-0.25, -0.2) is 0 Å². The second-order valence-corrected chi connectivity index (χ2v) is 4.24. The van der Waals surface area contributed by atoms with Gasteiger partial charge in [-0.1, -0.05) is 13.8 Å². The lowest BCUT2D eigenvalue weighted by Crippen LogP contribution is -3.00. The fourth-order valence-electron chi connectivity index (χ4n) is 2.57. The van der Waals surface area contributed by atoms with Crippen LogP contribution in [0, 0.1) is 11.8 Å². The van der Waals surface area contributed by atoms with E-state index in [1.54, 1.807) is 0 Å². The highest BCUT2D eigenvalue weighted by Crippen LogP contribution is 2.29. The Bertz CT molecular complexity index is 128. The predicted molar refractivity (Wildman–Crippen MR) is 50.1 cm³/mol. The molecule has 1 fully saturated rings. The molecular formula is C10H24Cl2N2. The topological polar surface area (TPSA) is 55.3 Å². The largest absolute Gasteiger partial charge is 1.00 e. The van der Waals surface area contributed by atoms with E-state index < -0.39 is 0 Å². The predicted octanol–water partition coefficient (Wildman–Crippen LogP) is -5.94. The summed E-state index contributed by atoms with van der Waals surface area (Å²) < 4.78 is 0. The lowest BCUT2D eigenvalue weighted by atomic mass is 9.73. The van der Waals surface area contributed by atoms with Gasteiger partial charge >= 0.3 is 0 Å². The molecule has 1 aliphatic carbocycles. The zero-order chi connectivity index (χ0) is 9.14. The Kier molecular flexibility index (Phi) is 9.36. The third kappa shape index (κ3) is 3.58. The second-order valence-electron chi connectivity index (χ2n) is 4.24. The smallest absolute Gasteiger partial charge is 0.140 e. The summed E-state index contributed by atoms with van der Waals surface area (Å²) in [4.78, 5) is 0. The summed E-state index contributed by atoms with van der Waals surface area (Å²) >= 11 is 0. The molecule has 0 radical (unpaired) electrons. The van der Waals surface area contributed by atoms with E-state index >= 15 is 0 Å². The number of hydrogen-bond donors (Lipinski definition) is 2. The number of halogens is 2. The summed E-state index contributed by atoms with van der Waals surface area (Å²) in [5.74, 6) is 1.69. The minimum atomic E-state index is 0. The van der Waals surface area contributed by atoms with Crippen LogP contribution in [0.3, 0.4) is 0 Å². The first-order valence-corrected chi connectivity index (χ1v) is 5.36. The number of quaternary nitrogens is 2. The average molecular weight is 243 g/mol. The third-order valence-electron chi connectivity index (χ3n) is 3.72. The van der Waals surface area contributed by atoms with Crippen LogP contribution >= 0.6 is 0 Å². The summed E-state index contributed by atoms with van der Waals surface area (Å²) in [7, 11) is 0. The first-order valence-electron chi connectivity index (χ1n) is 5.36. The lowest BCUT2D eigenvalue weighted by Gasteiger charge is -2.33. The molecule has 4 heteroatoms. The summed E-state index contributed by atoms with van der Waals surface area (Å²) in [5.41, 5.74) is 8.53. The minimum absolute atomic E-state index is 0. The highest BCUT2D eigenvalue weighted by molar-refractivity contribution is 4.84. The highest BCUT2D eigenvalue weighted by atomic mass is 35.5. The quantitative estimate of drug-likeness (QED) is 0.485. The molecule has 0 aromatic rings. The van der Waals surface area contributed by atoms with Crippen molar-refractivity contribution in [3.63, 3.8) is 0 Å². The normalized spacial score (nSPS) is 36.9. The first-order chi connectivity index (χ1) is 5.70. The Morgan fingerprint density at radius 2 is 1.14 bits per heavy atom. The van der Waals surface area contributed by atoms with Crippen molar-refractivity contribution in [2.45, 2.75) is 51.6 Å². The van der Waals surface area contributed by atoms with Gasteiger partial charge in [-0.2, -0.15) is 0 Å². The van der Waals surface area contributed by atoms with E-state index in [4.69, 9.17) is 0 Å². The SMILES string of the molecule is CC[C@@H]1CC[C@H](CC)[C@@H]([NH3+])[C@@H]1[NH3+].[Cl-].[Cl-]. The minimum Gasteiger partial charge on any atom is -1.00 e. The first kappa shape index (κ1) is 16.9. The molecule has 0 unspecified atom stereocenters. The molecule has 2 nitrogen and oxygen atoms in total. The highest BCUT2D eigenvalue weighted by Gasteiger charge is 2.38. The Labute approximate surface area is 100 Å². The van der Waals surface area contributed by atoms with Gasteiger partial charge in [-0.3, -0.25) is 0 Å². The molecule has 88 valence electrons. The standard InChI is InChI=1S/C10H22N2.2ClH/c1-3-7-5-6-8(4-2)10(12)9(7)11;;/h7-10H,3-6,11-12H2,1-2H3;2*1H/t7-,8+,9-,10-;;/m1../s1. The Morgan fingerprint density at radius 1 is 0.857 bits per heavy atom. The van der Waals surface area contributed by atoms with E-state index in [1.165, 1.54) is 25.7 Å². The van der Waals surface area contributed by atoms with E-state index in [-0.39, 0.29) is 24.8 Å². The summed E-state index contributed by atoms with van der Waals surface area (Å²) in [5, 5.41) is 0. The van der Waals surface area contributed by atoms with Crippen molar-refractivity contribution in [3.8, 4) is 0 Å². The Morgan fingerprint density at radius 3 is 1.36 bits per heavy atom. The second kappa shape index (κ2) is 7.75. The molecule has 6 N–H and O–H groups in total. The molecule has 0 heterocycles. The van der Waals surface area contributed by atoms with E-state index in [0.29, 0.717) is 12.1 Å². The fourth-order valence-corrected chi connectivity index (χ4v) is 2.57. The van der Waals surface area contributed by atoms with Gasteiger partial charge in [0.25, 0.3) is 0 Å². The molecule has 1 rings (SSSR count). The van der Waals surface area contributed by atoms with Gasteiger partial charge in [0.1, 0.15) is 12.1 Å². The molecule has 0 aromatic carbocycles. The van der Waals surface area contributed by atoms with E-state index in [2.05, 4.69) is 25.3 Å². The maximum absolute atomic E-state index is 4.27. The molecule has 1 aliphatic rings. The fraction of sp³-hybridized carbons (Fsp3) is 1.00. The zero-order valence-electron chi connectivity index (χ0n) is 9.31. The number of hydrogen-bond acceptors (Lipinski definition) is 0. The van der Waals surface area contributed by atoms with Crippen LogP contribution in [-0.2, 0) is 0 Å². The Hall–Kier alpha value is 0.500. The molecular weight excluding hydrogens is 219 g/mol. The molecule has 4 atom stereocenters. The lowest BCUT2D eigenvalue weighted by molar-refractivity contribution is -0.551. The summed E-state index contributed by atoms with van der Waals surface area (Å²) in [6.07, 6.45) is 5.34. The van der Waals surface area contributed by atoms with Crippen LogP contribution in [0.4, 0.5) is 0 Å². The van der Waals surface area contributed by atoms with Crippen molar-refractivity contribution >= 4 is 0 Å². The molecule has 0 spiro atoms. The van der Waals surface area contributed by atoms with Crippen molar-refractivity contribution in [1.82, 2.24) is 0 Å². The zero-order valence-corrected chi connectivity index (χ0v) is 10.8. The van der Waals surface area contributed by atoms with Crippen LogP contribution in [0.5, 0.6) is 0 Å². The van der Waals surface area contributed by atoms with Crippen LogP contribution in [0.15, 0.2) is 0 Å².